The fourth-order valence-corrected chi connectivity index (χ4v) is 2.53. The molecule has 8 N–H and O–H groups in total. The van der Waals surface area contributed by atoms with Gasteiger partial charge in [0.15, 0.2) is 0 Å². The molecule has 0 bridgehead atoms. The lowest BCUT2D eigenvalue weighted by molar-refractivity contribution is -0.143. The topological polar surface area (TPSA) is 225 Å². The molecule has 0 heterocycles. The molecular weight excluding hydrogens is 444 g/mol. The van der Waals surface area contributed by atoms with Gasteiger partial charge in [0.05, 0.1) is 12.5 Å². The minimum atomic E-state index is -1.50. The van der Waals surface area contributed by atoms with E-state index in [4.69, 9.17) is 21.1 Å². The van der Waals surface area contributed by atoms with Gasteiger partial charge in [-0.05, 0) is 6.42 Å². The van der Waals surface area contributed by atoms with Crippen LogP contribution in [0.3, 0.4) is 0 Å². The van der Waals surface area contributed by atoms with Crippen molar-refractivity contribution in [3.63, 3.8) is 0 Å². The third-order valence-electron chi connectivity index (χ3n) is 3.62. The number of hydrogen-bond acceptors (Lipinski definition) is 9. The summed E-state index contributed by atoms with van der Waals surface area (Å²) in [6.07, 6.45) is -1.54. The molecule has 0 aromatic heterocycles. The minimum Gasteiger partial charge on any atom is -0.481 e. The van der Waals surface area contributed by atoms with Crippen molar-refractivity contribution in [3.8, 4) is 0 Å². The molecule has 0 spiro atoms. The van der Waals surface area contributed by atoms with E-state index in [0.717, 1.165) is 0 Å². The van der Waals surface area contributed by atoms with Crippen molar-refractivity contribution in [2.75, 3.05) is 11.5 Å². The average Bonchev–Trinajstić information content (AvgIpc) is 2.65. The zero-order chi connectivity index (χ0) is 23.4. The van der Waals surface area contributed by atoms with E-state index in [9.17, 15) is 28.8 Å². The summed E-state index contributed by atoms with van der Waals surface area (Å²) in [6.45, 7) is 0. The monoisotopic (exact) mass is 468 g/mol. The van der Waals surface area contributed by atoms with Crippen LogP contribution < -0.4 is 21.7 Å². The summed E-state index contributed by atoms with van der Waals surface area (Å²) in [5, 5.41) is 32.9. The molecule has 0 aromatic carbocycles. The average molecular weight is 469 g/mol. The minimum absolute atomic E-state index is 0.214. The highest BCUT2D eigenvalue weighted by Crippen LogP contribution is 2.01. The number of rotatable bonds is 14. The fraction of sp³-hybridized carbons (Fsp3) is 0.600. The number of hydrogen-bond donors (Lipinski definition) is 9. The Kier molecular flexibility index (Phi) is 12.5. The molecule has 4 unspecified atom stereocenters. The predicted molar refractivity (Wildman–Crippen MR) is 108 cm³/mol. The number of carboxylic acids is 3. The molecule has 13 nitrogen and oxygen atoms in total. The first-order valence-corrected chi connectivity index (χ1v) is 9.74. The summed E-state index contributed by atoms with van der Waals surface area (Å²) in [5.74, 6) is -7.19. The highest BCUT2D eigenvalue weighted by molar-refractivity contribution is 7.80. The predicted octanol–water partition coefficient (Wildman–Crippen LogP) is -2.95. The van der Waals surface area contributed by atoms with E-state index in [2.05, 4.69) is 41.2 Å². The maximum absolute atomic E-state index is 12.3. The van der Waals surface area contributed by atoms with E-state index < -0.39 is 72.6 Å². The highest BCUT2D eigenvalue weighted by Gasteiger charge is 2.29. The number of carbonyl (C=O) groups is 6. The summed E-state index contributed by atoms with van der Waals surface area (Å²) in [4.78, 5) is 68.8. The number of nitrogens with two attached hydrogens (primary N) is 1. The molecule has 0 aliphatic carbocycles. The number of thiol groups is 2. The van der Waals surface area contributed by atoms with Crippen molar-refractivity contribution in [2.45, 2.75) is 43.4 Å². The maximum Gasteiger partial charge on any atom is 0.326 e. The van der Waals surface area contributed by atoms with E-state index in [1.165, 1.54) is 0 Å². The Morgan fingerprint density at radius 3 is 1.53 bits per heavy atom. The fourth-order valence-electron chi connectivity index (χ4n) is 2.02. The molecule has 0 aliphatic rings. The van der Waals surface area contributed by atoms with E-state index in [1.807, 2.05) is 0 Å². The van der Waals surface area contributed by atoms with E-state index in [0.29, 0.717) is 0 Å². The van der Waals surface area contributed by atoms with Gasteiger partial charge < -0.3 is 37.0 Å². The highest BCUT2D eigenvalue weighted by atomic mass is 32.1. The first-order valence-electron chi connectivity index (χ1n) is 8.47. The number of carboxylic acid groups (broad SMARTS) is 3. The van der Waals surface area contributed by atoms with Crippen LogP contribution in [0.2, 0.25) is 0 Å². The SMILES string of the molecule is NC(CC(=O)O)C(=O)NC(CS)C(=O)NC(CS)C(=O)NC(CCC(=O)O)C(=O)O. The standard InChI is InChI=1S/C15H24N4O9S2/c16-6(3-11(22)23)12(24)18-8(4-29)14(26)19-9(5-30)13(25)17-7(15(27)28)1-2-10(20)21/h6-9,29-30H,1-5,16H2,(H,17,25)(H,18,24)(H,19,26)(H,20,21)(H,22,23)(H,27,28). The van der Waals surface area contributed by atoms with Crippen molar-refractivity contribution in [1.82, 2.24) is 16.0 Å². The second-order valence-corrected chi connectivity index (χ2v) is 6.75. The second-order valence-electron chi connectivity index (χ2n) is 6.02. The van der Waals surface area contributed by atoms with Gasteiger partial charge in [-0.1, -0.05) is 0 Å². The van der Waals surface area contributed by atoms with Gasteiger partial charge in [0.2, 0.25) is 17.7 Å². The van der Waals surface area contributed by atoms with Crippen LogP contribution in [0.4, 0.5) is 0 Å². The Bertz CT molecular complexity index is 676. The Balaban J connectivity index is 5.00. The van der Waals surface area contributed by atoms with Gasteiger partial charge in [0.25, 0.3) is 0 Å². The Morgan fingerprint density at radius 1 is 0.733 bits per heavy atom. The molecule has 15 heteroatoms. The first kappa shape index (κ1) is 27.5. The number of carbonyl (C=O) groups excluding carboxylic acids is 3. The molecule has 0 fully saturated rings. The molecule has 0 radical (unpaired) electrons. The molecule has 170 valence electrons. The van der Waals surface area contributed by atoms with Gasteiger partial charge >= 0.3 is 17.9 Å². The van der Waals surface area contributed by atoms with Gasteiger partial charge in [-0.15, -0.1) is 0 Å². The van der Waals surface area contributed by atoms with Crippen LogP contribution in [0.5, 0.6) is 0 Å². The van der Waals surface area contributed by atoms with Crippen LogP contribution in [-0.2, 0) is 28.8 Å². The lowest BCUT2D eigenvalue weighted by Crippen LogP contribution is -2.58. The molecule has 0 saturated carbocycles. The summed E-state index contributed by atoms with van der Waals surface area (Å²) < 4.78 is 0. The van der Waals surface area contributed by atoms with Crippen LogP contribution in [0.1, 0.15) is 19.3 Å². The van der Waals surface area contributed by atoms with Crippen LogP contribution in [0.25, 0.3) is 0 Å². The Labute approximate surface area is 181 Å². The van der Waals surface area contributed by atoms with Crippen molar-refractivity contribution >= 4 is 60.9 Å². The quantitative estimate of drug-likeness (QED) is 0.118. The van der Waals surface area contributed by atoms with Crippen molar-refractivity contribution in [3.05, 3.63) is 0 Å². The van der Waals surface area contributed by atoms with Crippen LogP contribution in [0, 0.1) is 0 Å². The van der Waals surface area contributed by atoms with Crippen molar-refractivity contribution in [2.24, 2.45) is 5.73 Å². The molecule has 0 aliphatic heterocycles. The van der Waals surface area contributed by atoms with Gasteiger partial charge in [0, 0.05) is 17.9 Å². The van der Waals surface area contributed by atoms with Crippen LogP contribution >= 0.6 is 25.3 Å². The largest absolute Gasteiger partial charge is 0.481 e. The smallest absolute Gasteiger partial charge is 0.326 e. The summed E-state index contributed by atoms with van der Waals surface area (Å²) >= 11 is 7.83. The maximum atomic E-state index is 12.3. The summed E-state index contributed by atoms with van der Waals surface area (Å²) in [5.41, 5.74) is 5.41. The number of nitrogens with one attached hydrogen (secondary N) is 3. The molecule has 0 aromatic rings. The van der Waals surface area contributed by atoms with Crippen molar-refractivity contribution in [1.29, 1.82) is 0 Å². The molecular formula is C15H24N4O9S2. The van der Waals surface area contributed by atoms with Gasteiger partial charge in [0.1, 0.15) is 18.1 Å². The van der Waals surface area contributed by atoms with Gasteiger partial charge in [-0.2, -0.15) is 25.3 Å². The molecule has 3 amide bonds. The van der Waals surface area contributed by atoms with E-state index in [1.54, 1.807) is 0 Å². The lowest BCUT2D eigenvalue weighted by atomic mass is 10.1. The zero-order valence-corrected chi connectivity index (χ0v) is 17.4. The molecule has 0 saturated heterocycles. The Morgan fingerprint density at radius 2 is 1.17 bits per heavy atom. The third-order valence-corrected chi connectivity index (χ3v) is 4.35. The van der Waals surface area contributed by atoms with Gasteiger partial charge in [-0.3, -0.25) is 24.0 Å². The van der Waals surface area contributed by atoms with Crippen molar-refractivity contribution < 1.29 is 44.1 Å². The van der Waals surface area contributed by atoms with Crippen LogP contribution in [0.15, 0.2) is 0 Å². The molecule has 4 atom stereocenters. The zero-order valence-electron chi connectivity index (χ0n) is 15.6. The lowest BCUT2D eigenvalue weighted by Gasteiger charge is -2.23. The normalized spacial score (nSPS) is 14.5. The molecule has 30 heavy (non-hydrogen) atoms. The Hall–Kier alpha value is -2.52. The van der Waals surface area contributed by atoms with E-state index >= 15 is 0 Å². The number of aliphatic carboxylic acids is 3. The third kappa shape index (κ3) is 10.3. The second kappa shape index (κ2) is 13.7. The first-order chi connectivity index (χ1) is 13.9. The van der Waals surface area contributed by atoms with Gasteiger partial charge in [-0.25, -0.2) is 4.79 Å². The van der Waals surface area contributed by atoms with E-state index in [-0.39, 0.29) is 17.9 Å². The number of amides is 3. The summed E-state index contributed by atoms with van der Waals surface area (Å²) in [7, 11) is 0. The van der Waals surface area contributed by atoms with Crippen LogP contribution in [-0.4, -0.2) is 86.6 Å². The summed E-state index contributed by atoms with van der Waals surface area (Å²) in [6, 6.07) is -5.48. The molecule has 0 rings (SSSR count).